The Morgan fingerprint density at radius 3 is 1.82 bits per heavy atom. The van der Waals surface area contributed by atoms with Gasteiger partial charge in [-0.05, 0) is 83.2 Å². The largest absolute Gasteiger partial charge is 0.486 e. The number of hydrogen-bond donors (Lipinski definition) is 1. The molecule has 1 heterocycles. The Hall–Kier alpha value is -0.451. The quantitative estimate of drug-likeness (QED) is 0.219. The van der Waals surface area contributed by atoms with E-state index in [-0.39, 0.29) is 53.4 Å². The molecule has 38 heavy (non-hydrogen) atoms. The van der Waals surface area contributed by atoms with E-state index in [1.807, 2.05) is 5.98 Å². The van der Waals surface area contributed by atoms with Crippen molar-refractivity contribution in [3.63, 3.8) is 0 Å². The van der Waals surface area contributed by atoms with Gasteiger partial charge in [-0.3, -0.25) is 4.79 Å². The minimum atomic E-state index is -2.09. The van der Waals surface area contributed by atoms with Gasteiger partial charge in [0.1, 0.15) is 0 Å². The first kappa shape index (κ1) is 35.6. The van der Waals surface area contributed by atoms with Crippen molar-refractivity contribution < 1.29 is 23.0 Å². The van der Waals surface area contributed by atoms with Gasteiger partial charge in [0.25, 0.3) is 0 Å². The lowest BCUT2D eigenvalue weighted by atomic mass is 9.86. The van der Waals surface area contributed by atoms with Gasteiger partial charge in [-0.2, -0.15) is 0 Å². The Bertz CT molecular complexity index is 768. The van der Waals surface area contributed by atoms with E-state index in [4.69, 9.17) is 18.2 Å². The lowest BCUT2D eigenvalue weighted by Crippen LogP contribution is -2.53. The van der Waals surface area contributed by atoms with Crippen LogP contribution in [0.3, 0.4) is 0 Å². The zero-order chi connectivity index (χ0) is 29.7. The molecule has 0 aromatic heterocycles. The fourth-order valence-electron chi connectivity index (χ4n) is 4.60. The van der Waals surface area contributed by atoms with Gasteiger partial charge in [-0.1, -0.05) is 60.5 Å². The SMILES string of the molecule is CC[Si](CC)(CC)O[C@@H](C[C@H](O[Si](C)(C)C(C)(C)C)[C@@H](C)NC(C)=O)[C@H](C)/C=C/B1OC(C)(C)C(C)(C)O1. The van der Waals surface area contributed by atoms with Gasteiger partial charge in [0.15, 0.2) is 16.6 Å². The van der Waals surface area contributed by atoms with E-state index < -0.39 is 16.6 Å². The maximum Gasteiger partial charge on any atom is 0.486 e. The molecule has 1 N–H and O–H groups in total. The summed E-state index contributed by atoms with van der Waals surface area (Å²) in [4.78, 5) is 12.0. The maximum absolute atomic E-state index is 12.0. The summed E-state index contributed by atoms with van der Waals surface area (Å²) in [7, 11) is -4.38. The second-order valence-corrected chi connectivity index (χ2v) is 23.4. The Balaban J connectivity index is 3.35. The van der Waals surface area contributed by atoms with E-state index in [1.54, 1.807) is 6.92 Å². The van der Waals surface area contributed by atoms with Crippen LogP contribution in [0.4, 0.5) is 0 Å². The van der Waals surface area contributed by atoms with E-state index in [0.717, 1.165) is 24.6 Å². The summed E-state index contributed by atoms with van der Waals surface area (Å²) in [5.74, 6) is 2.14. The van der Waals surface area contributed by atoms with E-state index >= 15 is 0 Å². The molecule has 4 atom stereocenters. The molecule has 1 aliphatic rings. The van der Waals surface area contributed by atoms with Crippen molar-refractivity contribution in [2.45, 2.75) is 162 Å². The number of hydrogen-bond acceptors (Lipinski definition) is 5. The molecule has 0 saturated carbocycles. The molecule has 1 amide bonds. The first-order valence-electron chi connectivity index (χ1n) is 14.8. The zero-order valence-corrected chi connectivity index (χ0v) is 29.4. The Labute approximate surface area is 237 Å². The molecular weight excluding hydrogens is 509 g/mol. The highest BCUT2D eigenvalue weighted by Crippen LogP contribution is 2.40. The summed E-state index contributed by atoms with van der Waals surface area (Å²) < 4.78 is 26.6. The summed E-state index contributed by atoms with van der Waals surface area (Å²) in [6.07, 6.45) is 2.73. The highest BCUT2D eigenvalue weighted by atomic mass is 28.4. The third-order valence-corrected chi connectivity index (χ3v) is 18.6. The van der Waals surface area contributed by atoms with Crippen LogP contribution in [0.2, 0.25) is 36.3 Å². The van der Waals surface area contributed by atoms with Crippen molar-refractivity contribution in [3.05, 3.63) is 12.1 Å². The van der Waals surface area contributed by atoms with Crippen molar-refractivity contribution >= 4 is 29.7 Å². The van der Waals surface area contributed by atoms with E-state index in [2.05, 4.69) is 108 Å². The molecule has 1 aliphatic heterocycles. The second kappa shape index (κ2) is 13.5. The van der Waals surface area contributed by atoms with Crippen molar-refractivity contribution in [1.82, 2.24) is 5.32 Å². The number of nitrogens with one attached hydrogen (secondary N) is 1. The summed E-state index contributed by atoms with van der Waals surface area (Å²) >= 11 is 0. The van der Waals surface area contributed by atoms with Crippen LogP contribution in [0.5, 0.6) is 0 Å². The fourth-order valence-corrected chi connectivity index (χ4v) is 8.96. The normalized spacial score (nSPS) is 21.4. The second-order valence-electron chi connectivity index (χ2n) is 13.9. The molecule has 0 aromatic carbocycles. The highest BCUT2D eigenvalue weighted by molar-refractivity contribution is 6.74. The van der Waals surface area contributed by atoms with Crippen molar-refractivity contribution in [2.75, 3.05) is 0 Å². The topological polar surface area (TPSA) is 66.0 Å². The third kappa shape index (κ3) is 9.30. The highest BCUT2D eigenvalue weighted by Gasteiger charge is 2.50. The number of carbonyl (C=O) groups is 1. The van der Waals surface area contributed by atoms with Crippen LogP contribution in [0.15, 0.2) is 12.1 Å². The van der Waals surface area contributed by atoms with Gasteiger partial charge in [0.05, 0.1) is 29.5 Å². The van der Waals surface area contributed by atoms with Gasteiger partial charge in [0.2, 0.25) is 5.91 Å². The lowest BCUT2D eigenvalue weighted by Gasteiger charge is -2.43. The van der Waals surface area contributed by atoms with E-state index in [9.17, 15) is 4.79 Å². The van der Waals surface area contributed by atoms with Crippen molar-refractivity contribution in [3.8, 4) is 0 Å². The van der Waals surface area contributed by atoms with Gasteiger partial charge < -0.3 is 23.5 Å². The molecule has 0 aromatic rings. The summed E-state index contributed by atoms with van der Waals surface area (Å²) in [6, 6.07) is 3.13. The standard InChI is InChI=1S/C29H60BNO5Si2/c1-16-38(17-2,18-3)34-25(22(4)19-20-30-35-28(10,11)29(12,13)36-30)21-26(23(5)31-24(6)32)33-37(14,15)27(7,8)9/h19-20,22-23,25-26H,16-18,21H2,1-15H3,(H,31,32)/b20-19+/t22-,23-,25+,26+/m1/s1. The lowest BCUT2D eigenvalue weighted by molar-refractivity contribution is -0.120. The summed E-state index contributed by atoms with van der Waals surface area (Å²) in [5.41, 5.74) is -0.739. The molecule has 0 unspecified atom stereocenters. The maximum atomic E-state index is 12.0. The van der Waals surface area contributed by atoms with Gasteiger partial charge in [0, 0.05) is 6.92 Å². The Morgan fingerprint density at radius 1 is 0.947 bits per heavy atom. The molecule has 1 saturated heterocycles. The van der Waals surface area contributed by atoms with Crippen molar-refractivity contribution in [1.29, 1.82) is 0 Å². The number of rotatable bonds is 14. The summed E-state index contributed by atoms with van der Waals surface area (Å²) in [6.45, 7) is 32.3. The Morgan fingerprint density at radius 2 is 1.42 bits per heavy atom. The van der Waals surface area contributed by atoms with Crippen LogP contribution in [0, 0.1) is 5.92 Å². The van der Waals surface area contributed by atoms with E-state index in [0.29, 0.717) is 0 Å². The molecule has 0 spiro atoms. The van der Waals surface area contributed by atoms with Crippen LogP contribution < -0.4 is 5.32 Å². The first-order chi connectivity index (χ1) is 17.2. The van der Waals surface area contributed by atoms with Crippen molar-refractivity contribution in [2.24, 2.45) is 5.92 Å². The molecule has 0 radical (unpaired) electrons. The molecular formula is C29H60BNO5Si2. The number of carbonyl (C=O) groups excluding carboxylic acids is 1. The smallest absolute Gasteiger partial charge is 0.413 e. The molecule has 222 valence electrons. The Kier molecular flexibility index (Phi) is 12.6. The summed E-state index contributed by atoms with van der Waals surface area (Å²) in [5, 5.41) is 3.18. The average Bonchev–Trinajstić information content (AvgIpc) is 2.99. The predicted octanol–water partition coefficient (Wildman–Crippen LogP) is 7.51. The third-order valence-electron chi connectivity index (χ3n) is 9.47. The van der Waals surface area contributed by atoms with Gasteiger partial charge in [-0.25, -0.2) is 0 Å². The van der Waals surface area contributed by atoms with Crippen LogP contribution in [0.25, 0.3) is 0 Å². The fraction of sp³-hybridized carbons (Fsp3) is 0.897. The van der Waals surface area contributed by atoms with Crippen LogP contribution in [-0.2, 0) is 23.0 Å². The molecule has 1 rings (SSSR count). The first-order valence-corrected chi connectivity index (χ1v) is 20.3. The number of amides is 1. The molecule has 9 heteroatoms. The minimum Gasteiger partial charge on any atom is -0.413 e. The molecule has 0 bridgehead atoms. The van der Waals surface area contributed by atoms with Crippen LogP contribution in [0.1, 0.15) is 96.4 Å². The van der Waals surface area contributed by atoms with E-state index in [1.165, 1.54) is 0 Å². The van der Waals surface area contributed by atoms with Crippen LogP contribution >= 0.6 is 0 Å². The predicted molar refractivity (Wildman–Crippen MR) is 166 cm³/mol. The molecule has 1 fully saturated rings. The molecule has 0 aliphatic carbocycles. The minimum absolute atomic E-state index is 0.0353. The van der Waals surface area contributed by atoms with Gasteiger partial charge in [-0.15, -0.1) is 0 Å². The molecule has 6 nitrogen and oxygen atoms in total. The van der Waals surface area contributed by atoms with Gasteiger partial charge >= 0.3 is 7.12 Å². The monoisotopic (exact) mass is 569 g/mol. The average molecular weight is 570 g/mol. The van der Waals surface area contributed by atoms with Crippen LogP contribution in [-0.4, -0.2) is 59.1 Å². The zero-order valence-electron chi connectivity index (χ0n) is 27.4.